The van der Waals surface area contributed by atoms with Gasteiger partial charge in [-0.25, -0.2) is 0 Å². The summed E-state index contributed by atoms with van der Waals surface area (Å²) in [7, 11) is 0. The monoisotopic (exact) mass is 126 g/mol. The van der Waals surface area contributed by atoms with Crippen molar-refractivity contribution in [3.8, 4) is 0 Å². The lowest BCUT2D eigenvalue weighted by Crippen LogP contribution is -2.45. The molecule has 1 aliphatic carbocycles. The Hall–Kier alpha value is -0.570. The Labute approximate surface area is 53.1 Å². The van der Waals surface area contributed by atoms with Gasteiger partial charge in [0.1, 0.15) is 0 Å². The highest BCUT2D eigenvalue weighted by molar-refractivity contribution is 5.90. The molecule has 0 atom stereocenters. The molecule has 0 aromatic rings. The third kappa shape index (κ3) is 0.525. The summed E-state index contributed by atoms with van der Waals surface area (Å²) in [6.07, 6.45) is 0.815. The van der Waals surface area contributed by atoms with Gasteiger partial charge in [-0.1, -0.05) is 0 Å². The molecule has 0 unspecified atom stereocenters. The van der Waals surface area contributed by atoms with Crippen LogP contribution in [0.5, 0.6) is 0 Å². The van der Waals surface area contributed by atoms with Gasteiger partial charge in [0.15, 0.2) is 0 Å². The topological polar surface area (TPSA) is 49.3 Å². The van der Waals surface area contributed by atoms with E-state index in [1.807, 2.05) is 0 Å². The summed E-state index contributed by atoms with van der Waals surface area (Å²) in [6.45, 7) is 1.77. The molecule has 49 valence electrons. The van der Waals surface area contributed by atoms with Crippen molar-refractivity contribution in [3.05, 3.63) is 5.92 Å². The molecule has 1 saturated heterocycles. The van der Waals surface area contributed by atoms with E-state index in [0.29, 0.717) is 0 Å². The molecule has 1 aliphatic heterocycles. The first-order valence-corrected chi connectivity index (χ1v) is 3.05. The predicted molar refractivity (Wildman–Crippen MR) is 30.8 cm³/mol. The summed E-state index contributed by atoms with van der Waals surface area (Å²) in [6, 6.07) is 0. The Kier molecular flexibility index (Phi) is 0.750. The fourth-order valence-corrected chi connectivity index (χ4v) is 1.36. The molecular weight excluding hydrogens is 118 g/mol. The van der Waals surface area contributed by atoms with Gasteiger partial charge in [0, 0.05) is 18.5 Å². The Bertz CT molecular complexity index is 162. The molecule has 9 heavy (non-hydrogen) atoms. The van der Waals surface area contributed by atoms with Crippen LogP contribution in [0, 0.1) is 11.3 Å². The smallest absolute Gasteiger partial charge is 0.311 e. The van der Waals surface area contributed by atoms with E-state index in [4.69, 9.17) is 5.11 Å². The number of carbonyl (C=O) groups is 1. The molecule has 1 radical (unpaired) electrons. The second-order valence-electron chi connectivity index (χ2n) is 2.84. The minimum atomic E-state index is -0.698. The Balaban J connectivity index is 2.01. The van der Waals surface area contributed by atoms with Crippen LogP contribution in [-0.2, 0) is 4.79 Å². The molecule has 2 rings (SSSR count). The van der Waals surface area contributed by atoms with Crippen molar-refractivity contribution in [2.24, 2.45) is 5.41 Å². The maximum Gasteiger partial charge on any atom is 0.311 e. The molecule has 1 saturated carbocycles. The maximum absolute atomic E-state index is 10.3. The molecule has 0 amide bonds. The Morgan fingerprint density at radius 2 is 2.33 bits per heavy atom. The molecule has 0 aromatic heterocycles. The highest BCUT2D eigenvalue weighted by Crippen LogP contribution is 2.57. The van der Waals surface area contributed by atoms with Crippen LogP contribution >= 0.6 is 0 Å². The van der Waals surface area contributed by atoms with E-state index in [2.05, 4.69) is 5.32 Å². The molecule has 2 fully saturated rings. The number of nitrogens with one attached hydrogen (secondary N) is 1. The van der Waals surface area contributed by atoms with Crippen LogP contribution in [0.4, 0.5) is 0 Å². The fourth-order valence-electron chi connectivity index (χ4n) is 1.36. The van der Waals surface area contributed by atoms with Crippen LogP contribution < -0.4 is 5.32 Å². The maximum atomic E-state index is 10.3. The van der Waals surface area contributed by atoms with Gasteiger partial charge in [-0.15, -0.1) is 0 Å². The Morgan fingerprint density at radius 3 is 2.44 bits per heavy atom. The van der Waals surface area contributed by atoms with Crippen LogP contribution in [0.25, 0.3) is 0 Å². The summed E-state index contributed by atoms with van der Waals surface area (Å²) in [5, 5.41) is 11.6. The van der Waals surface area contributed by atoms with E-state index in [1.54, 1.807) is 0 Å². The summed E-state index contributed by atoms with van der Waals surface area (Å²) < 4.78 is 0. The second-order valence-corrected chi connectivity index (χ2v) is 2.84. The van der Waals surface area contributed by atoms with Crippen molar-refractivity contribution in [2.75, 3.05) is 13.1 Å². The van der Waals surface area contributed by atoms with Crippen LogP contribution in [-0.4, -0.2) is 24.2 Å². The minimum Gasteiger partial charge on any atom is -0.481 e. The van der Waals surface area contributed by atoms with Gasteiger partial charge in [-0.2, -0.15) is 0 Å². The van der Waals surface area contributed by atoms with Gasteiger partial charge in [-0.05, 0) is 6.42 Å². The molecule has 3 heteroatoms. The zero-order valence-electron chi connectivity index (χ0n) is 4.98. The summed E-state index contributed by atoms with van der Waals surface area (Å²) in [5.41, 5.74) is 0.117. The zero-order valence-corrected chi connectivity index (χ0v) is 4.98. The van der Waals surface area contributed by atoms with Crippen molar-refractivity contribution in [1.29, 1.82) is 0 Å². The zero-order chi connectivity index (χ0) is 6.48. The molecular formula is C6H8NO2. The highest BCUT2D eigenvalue weighted by atomic mass is 16.4. The van der Waals surface area contributed by atoms with Gasteiger partial charge in [0.05, 0.1) is 5.92 Å². The number of rotatable bonds is 1. The molecule has 1 spiro atoms. The first-order valence-electron chi connectivity index (χ1n) is 3.05. The lowest BCUT2D eigenvalue weighted by Gasteiger charge is -2.27. The van der Waals surface area contributed by atoms with Gasteiger partial charge >= 0.3 is 5.97 Å². The van der Waals surface area contributed by atoms with E-state index in [0.717, 1.165) is 25.4 Å². The molecule has 2 aliphatic rings. The summed E-state index contributed by atoms with van der Waals surface area (Å²) >= 11 is 0. The summed E-state index contributed by atoms with van der Waals surface area (Å²) in [5.74, 6) is 0.0257. The molecule has 2 N–H and O–H groups in total. The van der Waals surface area contributed by atoms with Crippen LogP contribution in [0.2, 0.25) is 0 Å². The normalized spacial score (nSPS) is 29.8. The Morgan fingerprint density at radius 1 is 1.67 bits per heavy atom. The van der Waals surface area contributed by atoms with E-state index in [9.17, 15) is 4.79 Å². The highest BCUT2D eigenvalue weighted by Gasteiger charge is 2.62. The van der Waals surface area contributed by atoms with Crippen molar-refractivity contribution >= 4 is 5.97 Å². The van der Waals surface area contributed by atoms with Crippen LogP contribution in [0.3, 0.4) is 0 Å². The number of aliphatic carboxylic acids is 1. The number of hydrogen-bond acceptors (Lipinski definition) is 2. The lowest BCUT2D eigenvalue weighted by molar-refractivity contribution is -0.134. The van der Waals surface area contributed by atoms with E-state index < -0.39 is 5.97 Å². The van der Waals surface area contributed by atoms with Crippen molar-refractivity contribution < 1.29 is 9.90 Å². The van der Waals surface area contributed by atoms with Gasteiger partial charge in [0.2, 0.25) is 0 Å². The standard InChI is InChI=1S/C6H8NO2/c8-5(9)4-1-6(4)2-7-3-6/h7H,1-3H2,(H,8,9). The average Bonchev–Trinajstić information content (AvgIpc) is 2.34. The molecule has 0 aromatic carbocycles. The SMILES string of the molecule is O=C(O)[C]1CC12CNC2. The van der Waals surface area contributed by atoms with Gasteiger partial charge in [0.25, 0.3) is 0 Å². The van der Waals surface area contributed by atoms with E-state index >= 15 is 0 Å². The van der Waals surface area contributed by atoms with E-state index in [-0.39, 0.29) is 5.41 Å². The number of carboxylic acids is 1. The van der Waals surface area contributed by atoms with Crippen molar-refractivity contribution in [3.63, 3.8) is 0 Å². The second kappa shape index (κ2) is 1.29. The molecule has 1 heterocycles. The van der Waals surface area contributed by atoms with Gasteiger partial charge in [-0.3, -0.25) is 4.79 Å². The van der Waals surface area contributed by atoms with E-state index in [1.165, 1.54) is 0 Å². The van der Waals surface area contributed by atoms with Crippen LogP contribution in [0.1, 0.15) is 6.42 Å². The first kappa shape index (κ1) is 5.23. The average molecular weight is 126 g/mol. The van der Waals surface area contributed by atoms with Crippen molar-refractivity contribution in [2.45, 2.75) is 6.42 Å². The first-order chi connectivity index (χ1) is 4.25. The third-order valence-corrected chi connectivity index (χ3v) is 2.22. The predicted octanol–water partition coefficient (Wildman–Crippen LogP) is -0.361. The molecule has 0 bridgehead atoms. The largest absolute Gasteiger partial charge is 0.481 e. The quantitative estimate of drug-likeness (QED) is 0.504. The third-order valence-electron chi connectivity index (χ3n) is 2.22. The fraction of sp³-hybridized carbons (Fsp3) is 0.667. The molecule has 3 nitrogen and oxygen atoms in total. The van der Waals surface area contributed by atoms with Gasteiger partial charge < -0.3 is 10.4 Å². The number of hydrogen-bond donors (Lipinski definition) is 2. The number of carboxylic acid groups (broad SMARTS) is 1. The minimum absolute atomic E-state index is 0.117. The van der Waals surface area contributed by atoms with Crippen LogP contribution in [0.15, 0.2) is 0 Å². The van der Waals surface area contributed by atoms with Crippen molar-refractivity contribution in [1.82, 2.24) is 5.32 Å². The summed E-state index contributed by atoms with van der Waals surface area (Å²) in [4.78, 5) is 10.3. The lowest BCUT2D eigenvalue weighted by atomic mass is 9.97.